The van der Waals surface area contributed by atoms with Crippen LogP contribution in [0, 0.1) is 0 Å². The normalized spacial score (nSPS) is 12.2. The highest BCUT2D eigenvalue weighted by Crippen LogP contribution is 2.53. The van der Waals surface area contributed by atoms with Crippen LogP contribution in [0.25, 0.3) is 115 Å². The smallest absolute Gasteiger partial charge is 0.238 e. The molecule has 8 aromatic carbocycles. The van der Waals surface area contributed by atoms with Crippen molar-refractivity contribution in [1.29, 1.82) is 0 Å². The maximum atomic E-state index is 5.29. The first-order valence-electron chi connectivity index (χ1n) is 17.5. The Morgan fingerprint density at radius 2 is 1.08 bits per heavy atom. The minimum atomic E-state index is 0.606. The summed E-state index contributed by atoms with van der Waals surface area (Å²) >= 11 is 1.89. The van der Waals surface area contributed by atoms with Crippen molar-refractivity contribution in [2.45, 2.75) is 0 Å². The third-order valence-corrected chi connectivity index (χ3v) is 11.8. The Morgan fingerprint density at radius 3 is 1.92 bits per heavy atom. The van der Waals surface area contributed by atoms with E-state index in [1.807, 2.05) is 29.5 Å². The number of aromatic nitrogens is 4. The van der Waals surface area contributed by atoms with Crippen molar-refractivity contribution in [3.63, 3.8) is 0 Å². The number of hydrogen-bond acceptors (Lipinski definition) is 4. The van der Waals surface area contributed by atoms with E-state index in [0.29, 0.717) is 17.6 Å². The average molecular weight is 679 g/mol. The second-order valence-corrected chi connectivity index (χ2v) is 14.7. The van der Waals surface area contributed by atoms with Gasteiger partial charge in [0.25, 0.3) is 0 Å². The number of hydrogen-bond donors (Lipinski definition) is 0. The fraction of sp³-hybridized carbons (Fsp3) is 0. The summed E-state index contributed by atoms with van der Waals surface area (Å²) in [5, 5.41) is 10.0. The third-order valence-electron chi connectivity index (χ3n) is 10.7. The number of rotatable bonds is 4. The van der Waals surface area contributed by atoms with Gasteiger partial charge < -0.3 is 0 Å². The van der Waals surface area contributed by atoms with Gasteiger partial charge in [-0.05, 0) is 74.8 Å². The molecule has 0 spiro atoms. The zero-order valence-electron chi connectivity index (χ0n) is 27.7. The first-order valence-corrected chi connectivity index (χ1v) is 18.3. The molecule has 240 valence electrons. The minimum Gasteiger partial charge on any atom is -0.278 e. The molecule has 0 unspecified atom stereocenters. The van der Waals surface area contributed by atoms with Crippen LogP contribution in [0.4, 0.5) is 0 Å². The van der Waals surface area contributed by atoms with Crippen LogP contribution in [-0.4, -0.2) is 19.5 Å². The molecule has 1 aliphatic carbocycles. The van der Waals surface area contributed by atoms with Crippen molar-refractivity contribution in [2.75, 3.05) is 0 Å². The van der Waals surface area contributed by atoms with Crippen LogP contribution in [0.15, 0.2) is 158 Å². The van der Waals surface area contributed by atoms with E-state index in [0.717, 1.165) is 27.5 Å². The highest BCUT2D eigenvalue weighted by Gasteiger charge is 2.27. The molecule has 52 heavy (non-hydrogen) atoms. The summed E-state index contributed by atoms with van der Waals surface area (Å²) in [6.45, 7) is 0. The third kappa shape index (κ3) is 3.88. The van der Waals surface area contributed by atoms with Crippen LogP contribution in [0.3, 0.4) is 0 Å². The van der Waals surface area contributed by atoms with Crippen molar-refractivity contribution in [3.8, 4) is 51.0 Å². The molecule has 1 aliphatic rings. The van der Waals surface area contributed by atoms with Crippen molar-refractivity contribution in [3.05, 3.63) is 158 Å². The van der Waals surface area contributed by atoms with E-state index in [9.17, 15) is 0 Å². The van der Waals surface area contributed by atoms with E-state index >= 15 is 0 Å². The Hall–Kier alpha value is -6.69. The molecule has 0 bridgehead atoms. The van der Waals surface area contributed by atoms with Gasteiger partial charge in [0, 0.05) is 47.5 Å². The van der Waals surface area contributed by atoms with E-state index in [1.54, 1.807) is 0 Å². The van der Waals surface area contributed by atoms with Crippen molar-refractivity contribution < 1.29 is 0 Å². The van der Waals surface area contributed by atoms with Gasteiger partial charge >= 0.3 is 0 Å². The van der Waals surface area contributed by atoms with Crippen LogP contribution in [0.5, 0.6) is 0 Å². The van der Waals surface area contributed by atoms with E-state index < -0.39 is 0 Å². The molecule has 0 amide bonds. The molecule has 3 heterocycles. The van der Waals surface area contributed by atoms with Crippen molar-refractivity contribution in [2.24, 2.45) is 0 Å². The molecule has 0 fully saturated rings. The molecule has 0 saturated carbocycles. The lowest BCUT2D eigenvalue weighted by atomic mass is 9.94. The van der Waals surface area contributed by atoms with Gasteiger partial charge in [0.15, 0.2) is 11.6 Å². The van der Waals surface area contributed by atoms with Gasteiger partial charge in [0.2, 0.25) is 5.95 Å². The molecule has 4 nitrogen and oxygen atoms in total. The lowest BCUT2D eigenvalue weighted by molar-refractivity contribution is 0.954. The Bertz CT molecular complexity index is 3290. The molecule has 12 rings (SSSR count). The molecule has 3 aromatic heterocycles. The molecular weight excluding hydrogens is 653 g/mol. The monoisotopic (exact) mass is 678 g/mol. The van der Waals surface area contributed by atoms with Crippen molar-refractivity contribution in [1.82, 2.24) is 19.5 Å². The van der Waals surface area contributed by atoms with Gasteiger partial charge in [-0.15, -0.1) is 11.3 Å². The van der Waals surface area contributed by atoms with Crippen LogP contribution in [-0.2, 0) is 0 Å². The second kappa shape index (κ2) is 10.4. The van der Waals surface area contributed by atoms with Gasteiger partial charge in [-0.2, -0.15) is 9.97 Å². The van der Waals surface area contributed by atoms with Crippen LogP contribution >= 0.6 is 11.3 Å². The Kier molecular flexibility index (Phi) is 5.62. The largest absolute Gasteiger partial charge is 0.278 e. The Morgan fingerprint density at radius 1 is 0.365 bits per heavy atom. The molecule has 0 radical (unpaired) electrons. The number of thiophene rings is 1. The molecule has 0 atom stereocenters. The molecular formula is C47H26N4S. The number of fused-ring (bicyclic) bond motifs is 2. The maximum Gasteiger partial charge on any atom is 0.238 e. The first kappa shape index (κ1) is 28.1. The summed E-state index contributed by atoms with van der Waals surface area (Å²) in [6, 6.07) is 56.4. The summed E-state index contributed by atoms with van der Waals surface area (Å²) in [5.74, 6) is 1.90. The summed E-state index contributed by atoms with van der Waals surface area (Å²) < 4.78 is 4.89. The van der Waals surface area contributed by atoms with Gasteiger partial charge in [-0.3, -0.25) is 4.57 Å². The van der Waals surface area contributed by atoms with E-state index in [-0.39, 0.29) is 0 Å². The van der Waals surface area contributed by atoms with E-state index in [2.05, 4.69) is 144 Å². The lowest BCUT2D eigenvalue weighted by Gasteiger charge is -2.13. The van der Waals surface area contributed by atoms with Crippen LogP contribution in [0.1, 0.15) is 0 Å². The van der Waals surface area contributed by atoms with Crippen molar-refractivity contribution >= 4 is 74.9 Å². The molecule has 11 aromatic rings. The highest BCUT2D eigenvalue weighted by molar-refractivity contribution is 7.26. The van der Waals surface area contributed by atoms with E-state index in [4.69, 9.17) is 15.0 Å². The van der Waals surface area contributed by atoms with Gasteiger partial charge in [-0.1, -0.05) is 121 Å². The zero-order valence-corrected chi connectivity index (χ0v) is 28.5. The van der Waals surface area contributed by atoms with Crippen LogP contribution < -0.4 is 0 Å². The average Bonchev–Trinajstić information content (AvgIpc) is 3.72. The SMILES string of the molecule is c1ccc(-c2cc3c4c(c2)sc2ccc5ccc6c(c7c-3cccc7n6-c3nc(-c6ccccc6)nc(-c6ccc7ccccc7c6)n3)c5c24)cc1. The number of nitrogens with zero attached hydrogens (tertiary/aromatic N) is 4. The molecule has 5 heteroatoms. The molecule has 0 N–H and O–H groups in total. The van der Waals surface area contributed by atoms with Crippen LogP contribution in [0.2, 0.25) is 0 Å². The first-order chi connectivity index (χ1) is 25.8. The summed E-state index contributed by atoms with van der Waals surface area (Å²) in [6.07, 6.45) is 0. The zero-order chi connectivity index (χ0) is 33.9. The molecule has 0 saturated heterocycles. The summed E-state index contributed by atoms with van der Waals surface area (Å²) in [7, 11) is 0. The second-order valence-electron chi connectivity index (χ2n) is 13.6. The summed E-state index contributed by atoms with van der Waals surface area (Å²) in [4.78, 5) is 15.6. The highest BCUT2D eigenvalue weighted by atomic mass is 32.1. The Balaban J connectivity index is 1.21. The minimum absolute atomic E-state index is 0.606. The quantitative estimate of drug-likeness (QED) is 0.186. The molecule has 0 aliphatic heterocycles. The lowest BCUT2D eigenvalue weighted by Crippen LogP contribution is -2.06. The maximum absolute atomic E-state index is 5.29. The summed E-state index contributed by atoms with van der Waals surface area (Å²) in [5.41, 5.74) is 9.04. The predicted molar refractivity (Wildman–Crippen MR) is 217 cm³/mol. The van der Waals surface area contributed by atoms with Gasteiger partial charge in [0.1, 0.15) is 0 Å². The fourth-order valence-corrected chi connectivity index (χ4v) is 9.62. The predicted octanol–water partition coefficient (Wildman–Crippen LogP) is 12.6. The topological polar surface area (TPSA) is 43.6 Å². The van der Waals surface area contributed by atoms with E-state index in [1.165, 1.54) is 69.4 Å². The van der Waals surface area contributed by atoms with Gasteiger partial charge in [-0.25, -0.2) is 4.98 Å². The standard InChI is InChI=1S/C47H26N4S/c1-3-10-27(11-4-1)33-25-35-34-16-9-17-36-41(34)43-37(22-20-29-21-23-38-44(40(29)43)42(35)39(26-33)52-38)51(36)47-49-45(30-13-5-2-6-14-30)48-46(50-47)32-19-18-28-12-7-8-15-31(28)24-32/h1-26H. The Labute approximate surface area is 301 Å². The number of benzene rings is 8. The fourth-order valence-electron chi connectivity index (χ4n) is 8.44. The van der Waals surface area contributed by atoms with Gasteiger partial charge in [0.05, 0.1) is 11.0 Å².